The molecule has 0 amide bonds. The fraction of sp³-hybridized carbons (Fsp3) is 0. The van der Waals surface area contributed by atoms with Gasteiger partial charge in [0.2, 0.25) is 6.29 Å². The molecule has 0 rings (SSSR count). The number of hydrogen-bond donors (Lipinski definition) is 0. The van der Waals surface area contributed by atoms with Gasteiger partial charge in [0.05, 0.1) is 0 Å². The highest BCUT2D eigenvalue weighted by Gasteiger charge is 2.10. The second kappa shape index (κ2) is 3.65. The van der Waals surface area contributed by atoms with Gasteiger partial charge in [-0.25, -0.2) is 4.79 Å². The molecule has 0 N–H and O–H groups in total. The van der Waals surface area contributed by atoms with Crippen molar-refractivity contribution in [2.75, 3.05) is 0 Å². The van der Waals surface area contributed by atoms with Gasteiger partial charge in [0.1, 0.15) is 0 Å². The van der Waals surface area contributed by atoms with Gasteiger partial charge in [-0.2, -0.15) is 13.2 Å². The summed E-state index contributed by atoms with van der Waals surface area (Å²) >= 11 is 0. The molecular weight excluding hydrogens is 153 g/mol. The van der Waals surface area contributed by atoms with E-state index in [2.05, 4.69) is 4.74 Å². The Morgan fingerprint density at radius 3 is 2.10 bits per heavy atom. The molecule has 0 spiro atoms. The lowest BCUT2D eigenvalue weighted by Crippen LogP contribution is -2.02. The van der Waals surface area contributed by atoms with Crippen LogP contribution in [0, 0.1) is 0 Å². The van der Waals surface area contributed by atoms with Crippen molar-refractivity contribution in [1.29, 1.82) is 0 Å². The monoisotopic (exact) mass is 154 g/mol. The summed E-state index contributed by atoms with van der Waals surface area (Å²) < 4.78 is 36.7. The zero-order valence-electron chi connectivity index (χ0n) is 4.44. The van der Waals surface area contributed by atoms with Crippen molar-refractivity contribution in [1.82, 2.24) is 0 Å². The van der Waals surface area contributed by atoms with E-state index in [0.717, 1.165) is 0 Å². The van der Waals surface area contributed by atoms with Gasteiger partial charge in [0.15, 0.2) is 0 Å². The zero-order chi connectivity index (χ0) is 8.15. The Bertz CT molecular complexity index is 182. The predicted octanol–water partition coefficient (Wildman–Crippen LogP) is 0.764. The molecule has 0 aromatic carbocycles. The smallest absolute Gasteiger partial charge is 0.378 e. The largest absolute Gasteiger partial charge is 0.389 e. The van der Waals surface area contributed by atoms with Crippen LogP contribution in [-0.2, 0) is 14.3 Å². The number of carbonyl (C=O) groups excluding carboxylic acids is 2. The minimum absolute atomic E-state index is 0.428. The lowest BCUT2D eigenvalue weighted by atomic mass is 10.8. The highest BCUT2D eigenvalue weighted by molar-refractivity contribution is 6.20. The van der Waals surface area contributed by atoms with Crippen LogP contribution in [0.2, 0.25) is 0 Å². The molecule has 0 saturated carbocycles. The molecular formula is C4HF3O3. The van der Waals surface area contributed by atoms with Gasteiger partial charge in [0, 0.05) is 0 Å². The van der Waals surface area contributed by atoms with E-state index in [9.17, 15) is 22.8 Å². The van der Waals surface area contributed by atoms with E-state index in [1.165, 1.54) is 0 Å². The molecule has 0 bridgehead atoms. The fourth-order valence-electron chi connectivity index (χ4n) is 0.151. The number of ether oxygens (including phenoxy) is 1. The molecule has 0 saturated heterocycles. The van der Waals surface area contributed by atoms with E-state index in [1.54, 1.807) is 0 Å². The Kier molecular flexibility index (Phi) is 3.16. The molecule has 0 unspecified atom stereocenters. The van der Waals surface area contributed by atoms with Crippen LogP contribution in [0.1, 0.15) is 0 Å². The molecule has 0 atom stereocenters. The maximum Gasteiger partial charge on any atom is 0.378 e. The van der Waals surface area contributed by atoms with Crippen molar-refractivity contribution >= 4 is 12.3 Å². The third kappa shape index (κ3) is 2.85. The van der Waals surface area contributed by atoms with Crippen molar-refractivity contribution in [3.05, 3.63) is 12.1 Å². The topological polar surface area (TPSA) is 43.4 Å². The SMILES string of the molecule is O=CC(=O)OC(F)=C(F)F. The maximum atomic E-state index is 11.5. The molecule has 0 aliphatic carbocycles. The van der Waals surface area contributed by atoms with Gasteiger partial charge >= 0.3 is 18.1 Å². The van der Waals surface area contributed by atoms with Gasteiger partial charge in [-0.15, -0.1) is 0 Å². The molecule has 56 valence electrons. The summed E-state index contributed by atoms with van der Waals surface area (Å²) in [5.41, 5.74) is 0. The number of esters is 1. The van der Waals surface area contributed by atoms with Crippen LogP contribution in [0.5, 0.6) is 0 Å². The van der Waals surface area contributed by atoms with Crippen LogP contribution < -0.4 is 0 Å². The van der Waals surface area contributed by atoms with E-state index < -0.39 is 24.3 Å². The predicted molar refractivity (Wildman–Crippen MR) is 22.5 cm³/mol. The molecule has 0 aliphatic rings. The second-order valence-electron chi connectivity index (χ2n) is 1.07. The first-order chi connectivity index (χ1) is 4.57. The minimum Gasteiger partial charge on any atom is -0.389 e. The fourth-order valence-corrected chi connectivity index (χ4v) is 0.151. The van der Waals surface area contributed by atoms with Gasteiger partial charge in [-0.1, -0.05) is 0 Å². The minimum atomic E-state index is -2.78. The maximum absolute atomic E-state index is 11.5. The summed E-state index contributed by atoms with van der Waals surface area (Å²) in [5.74, 6) is -1.70. The molecule has 3 nitrogen and oxygen atoms in total. The molecule has 0 radical (unpaired) electrons. The first kappa shape index (κ1) is 8.67. The van der Waals surface area contributed by atoms with Crippen LogP contribution in [0.25, 0.3) is 0 Å². The Hall–Kier alpha value is -1.33. The summed E-state index contributed by atoms with van der Waals surface area (Å²) in [6, 6.07) is -2.35. The molecule has 10 heavy (non-hydrogen) atoms. The first-order valence-electron chi connectivity index (χ1n) is 1.95. The van der Waals surface area contributed by atoms with Crippen LogP contribution in [0.15, 0.2) is 12.1 Å². The van der Waals surface area contributed by atoms with Crippen molar-refractivity contribution in [3.63, 3.8) is 0 Å². The van der Waals surface area contributed by atoms with Crippen molar-refractivity contribution < 1.29 is 27.5 Å². The lowest BCUT2D eigenvalue weighted by molar-refractivity contribution is -0.147. The van der Waals surface area contributed by atoms with Crippen LogP contribution >= 0.6 is 0 Å². The second-order valence-corrected chi connectivity index (χ2v) is 1.07. The standard InChI is InChI=1S/C4HF3O3/c5-3(6)4(7)10-2(9)1-8/h1H. The molecule has 0 aliphatic heterocycles. The van der Waals surface area contributed by atoms with E-state index >= 15 is 0 Å². The summed E-state index contributed by atoms with van der Waals surface area (Å²) in [5, 5.41) is 0. The number of rotatable bonds is 2. The average molecular weight is 154 g/mol. The highest BCUT2D eigenvalue weighted by atomic mass is 19.3. The van der Waals surface area contributed by atoms with Crippen molar-refractivity contribution in [2.45, 2.75) is 0 Å². The number of halogens is 3. The third-order valence-corrected chi connectivity index (χ3v) is 0.435. The van der Waals surface area contributed by atoms with Gasteiger partial charge in [-0.05, 0) is 0 Å². The summed E-state index contributed by atoms with van der Waals surface area (Å²) in [6.07, 6.45) is -3.21. The van der Waals surface area contributed by atoms with Crippen molar-refractivity contribution in [3.8, 4) is 0 Å². The highest BCUT2D eigenvalue weighted by Crippen LogP contribution is 2.09. The van der Waals surface area contributed by atoms with E-state index in [4.69, 9.17) is 0 Å². The molecule has 0 fully saturated rings. The van der Waals surface area contributed by atoms with Gasteiger partial charge in [0.25, 0.3) is 0 Å². The molecule has 0 aromatic rings. The zero-order valence-corrected chi connectivity index (χ0v) is 4.44. The Morgan fingerprint density at radius 1 is 1.30 bits per heavy atom. The number of hydrogen-bond acceptors (Lipinski definition) is 3. The molecule has 0 heterocycles. The quantitative estimate of drug-likeness (QED) is 0.255. The summed E-state index contributed by atoms with van der Waals surface area (Å²) in [4.78, 5) is 19.1. The Morgan fingerprint density at radius 2 is 1.80 bits per heavy atom. The summed E-state index contributed by atoms with van der Waals surface area (Å²) in [6.45, 7) is 0. The van der Waals surface area contributed by atoms with Crippen LogP contribution in [0.4, 0.5) is 13.2 Å². The van der Waals surface area contributed by atoms with Crippen LogP contribution in [-0.4, -0.2) is 12.3 Å². The van der Waals surface area contributed by atoms with E-state index in [-0.39, 0.29) is 0 Å². The Labute approximate surface area is 53.1 Å². The van der Waals surface area contributed by atoms with Gasteiger partial charge in [-0.3, -0.25) is 4.79 Å². The number of aldehydes is 1. The summed E-state index contributed by atoms with van der Waals surface area (Å²) in [7, 11) is 0. The molecule has 6 heteroatoms. The van der Waals surface area contributed by atoms with E-state index in [0.29, 0.717) is 0 Å². The lowest BCUT2D eigenvalue weighted by Gasteiger charge is -1.90. The number of carbonyl (C=O) groups is 2. The van der Waals surface area contributed by atoms with Crippen LogP contribution in [0.3, 0.4) is 0 Å². The first-order valence-corrected chi connectivity index (χ1v) is 1.95. The van der Waals surface area contributed by atoms with Crippen molar-refractivity contribution in [2.24, 2.45) is 0 Å². The average Bonchev–Trinajstić information content (AvgIpc) is 1.87. The Balaban J connectivity index is 4.04. The third-order valence-electron chi connectivity index (χ3n) is 0.435. The van der Waals surface area contributed by atoms with E-state index in [1.807, 2.05) is 0 Å². The molecule has 0 aromatic heterocycles. The van der Waals surface area contributed by atoms with Gasteiger partial charge < -0.3 is 4.74 Å². The normalized spacial score (nSPS) is 8.30.